The van der Waals surface area contributed by atoms with Crippen LogP contribution >= 0.6 is 23.1 Å². The number of hydrogen-bond acceptors (Lipinski definition) is 7. The van der Waals surface area contributed by atoms with Crippen LogP contribution in [-0.4, -0.2) is 50.2 Å². The maximum absolute atomic E-state index is 11.4. The molecule has 2 heterocycles. The smallest absolute Gasteiger partial charge is 0.321 e. The molecule has 130 valence electrons. The number of hydrogen-bond donors (Lipinski definition) is 2. The largest absolute Gasteiger partial charge is 0.493 e. The zero-order valence-corrected chi connectivity index (χ0v) is 15.5. The fraction of sp³-hybridized carbons (Fsp3) is 0.467. The highest BCUT2D eigenvalue weighted by Gasteiger charge is 2.32. The summed E-state index contributed by atoms with van der Waals surface area (Å²) in [7, 11) is -0.827. The Hall–Kier alpha value is -1.16. The van der Waals surface area contributed by atoms with Gasteiger partial charge in [-0.05, 0) is 18.2 Å². The van der Waals surface area contributed by atoms with E-state index in [0.717, 1.165) is 21.0 Å². The van der Waals surface area contributed by atoms with E-state index in [4.69, 9.17) is 9.84 Å². The molecule has 9 heteroatoms. The Kier molecular flexibility index (Phi) is 5.75. The molecule has 1 saturated heterocycles. The number of nitrogens with one attached hydrogen (secondary N) is 1. The van der Waals surface area contributed by atoms with Gasteiger partial charge in [-0.3, -0.25) is 14.3 Å². The number of thioether (sulfide) groups is 1. The molecule has 0 radical (unpaired) electrons. The summed E-state index contributed by atoms with van der Waals surface area (Å²) in [5.41, 5.74) is 0.876. The molecule has 0 bridgehead atoms. The van der Waals surface area contributed by atoms with Crippen molar-refractivity contribution in [1.82, 2.24) is 10.3 Å². The summed E-state index contributed by atoms with van der Waals surface area (Å²) in [6.45, 7) is 2.32. The van der Waals surface area contributed by atoms with Gasteiger partial charge in [-0.2, -0.15) is 0 Å². The lowest BCUT2D eigenvalue weighted by Crippen LogP contribution is -2.33. The van der Waals surface area contributed by atoms with Gasteiger partial charge < -0.3 is 9.84 Å². The van der Waals surface area contributed by atoms with Crippen LogP contribution in [0.3, 0.4) is 0 Å². The quantitative estimate of drug-likeness (QED) is 0.754. The first-order chi connectivity index (χ1) is 11.6. The van der Waals surface area contributed by atoms with Gasteiger partial charge >= 0.3 is 5.97 Å². The maximum Gasteiger partial charge on any atom is 0.321 e. The second-order valence-electron chi connectivity index (χ2n) is 5.23. The summed E-state index contributed by atoms with van der Waals surface area (Å²) >= 11 is 3.10. The zero-order chi connectivity index (χ0) is 17.1. The third-order valence-electron chi connectivity index (χ3n) is 3.58. The van der Waals surface area contributed by atoms with Gasteiger partial charge in [-0.25, -0.2) is 4.98 Å². The van der Waals surface area contributed by atoms with Crippen molar-refractivity contribution >= 4 is 50.1 Å². The molecule has 0 saturated carbocycles. The van der Waals surface area contributed by atoms with Crippen LogP contribution < -0.4 is 10.1 Å². The SMILES string of the molecule is CCS(=O)CCOc1ccc2nc(C3N[C@@H](C(=O)O)CS3)sc2c1. The molecule has 3 rings (SSSR count). The first kappa shape index (κ1) is 17.7. The molecule has 1 aliphatic heterocycles. The van der Waals surface area contributed by atoms with E-state index in [1.54, 1.807) is 11.8 Å². The molecular weight excluding hydrogens is 368 g/mol. The standard InChI is InChI=1S/C15H18N2O4S3/c1-2-24(20)6-5-21-9-3-4-10-12(7-9)23-14(16-10)13-17-11(8-22-13)15(18)19/h3-4,7,11,13,17H,2,5-6,8H2,1H3,(H,18,19)/t11-,13?,24?/m1/s1. The maximum atomic E-state index is 11.4. The van der Waals surface area contributed by atoms with Gasteiger partial charge in [0.1, 0.15) is 22.2 Å². The van der Waals surface area contributed by atoms with Crippen LogP contribution in [0, 0.1) is 0 Å². The number of rotatable bonds is 7. The van der Waals surface area contributed by atoms with Crippen LogP contribution in [0.15, 0.2) is 18.2 Å². The van der Waals surface area contributed by atoms with Gasteiger partial charge in [0.25, 0.3) is 0 Å². The van der Waals surface area contributed by atoms with Crippen LogP contribution in [-0.2, 0) is 15.6 Å². The van der Waals surface area contributed by atoms with E-state index in [-0.39, 0.29) is 5.37 Å². The Morgan fingerprint density at radius 3 is 3.08 bits per heavy atom. The van der Waals surface area contributed by atoms with Crippen molar-refractivity contribution in [3.8, 4) is 5.75 Å². The molecule has 0 spiro atoms. The molecule has 1 aliphatic rings. The minimum absolute atomic E-state index is 0.0835. The molecule has 2 aromatic rings. The van der Waals surface area contributed by atoms with E-state index in [0.29, 0.717) is 23.9 Å². The van der Waals surface area contributed by atoms with Crippen molar-refractivity contribution in [3.05, 3.63) is 23.2 Å². The van der Waals surface area contributed by atoms with E-state index < -0.39 is 22.8 Å². The number of carboxylic acids is 1. The number of carbonyl (C=O) groups is 1. The Bertz CT molecular complexity index is 764. The highest BCUT2D eigenvalue weighted by Crippen LogP contribution is 2.37. The van der Waals surface area contributed by atoms with E-state index in [1.807, 2.05) is 25.1 Å². The lowest BCUT2D eigenvalue weighted by atomic mass is 10.3. The number of aromatic nitrogens is 1. The first-order valence-corrected chi connectivity index (χ1v) is 10.9. The molecular formula is C15H18N2O4S3. The van der Waals surface area contributed by atoms with Gasteiger partial charge in [0.2, 0.25) is 0 Å². The second kappa shape index (κ2) is 7.81. The van der Waals surface area contributed by atoms with Gasteiger partial charge in [-0.1, -0.05) is 6.92 Å². The third-order valence-corrected chi connectivity index (χ3v) is 7.30. The normalized spacial score (nSPS) is 21.9. The summed E-state index contributed by atoms with van der Waals surface area (Å²) in [5.74, 6) is 1.62. The first-order valence-electron chi connectivity index (χ1n) is 7.55. The molecule has 1 aromatic heterocycles. The lowest BCUT2D eigenvalue weighted by Gasteiger charge is -2.06. The van der Waals surface area contributed by atoms with Crippen molar-refractivity contribution in [2.45, 2.75) is 18.3 Å². The Labute approximate surface area is 150 Å². The number of benzene rings is 1. The monoisotopic (exact) mass is 386 g/mol. The minimum atomic E-state index is -0.828. The average molecular weight is 387 g/mol. The predicted molar refractivity (Wildman–Crippen MR) is 98.4 cm³/mol. The van der Waals surface area contributed by atoms with Crippen molar-refractivity contribution in [2.75, 3.05) is 23.9 Å². The van der Waals surface area contributed by atoms with Gasteiger partial charge in [0.05, 0.1) is 22.6 Å². The number of thiazole rings is 1. The summed E-state index contributed by atoms with van der Waals surface area (Å²) in [5, 5.41) is 12.9. The Morgan fingerprint density at radius 2 is 2.38 bits per heavy atom. The fourth-order valence-corrected chi connectivity index (χ4v) is 5.20. The molecule has 0 amide bonds. The van der Waals surface area contributed by atoms with Crippen molar-refractivity contribution in [2.24, 2.45) is 0 Å². The van der Waals surface area contributed by atoms with Crippen LogP contribution in [0.5, 0.6) is 5.75 Å². The van der Waals surface area contributed by atoms with Crippen LogP contribution in [0.2, 0.25) is 0 Å². The molecule has 2 unspecified atom stereocenters. The van der Waals surface area contributed by atoms with E-state index in [2.05, 4.69) is 10.3 Å². The van der Waals surface area contributed by atoms with Crippen LogP contribution in [0.1, 0.15) is 17.3 Å². The van der Waals surface area contributed by atoms with E-state index >= 15 is 0 Å². The minimum Gasteiger partial charge on any atom is -0.493 e. The summed E-state index contributed by atoms with van der Waals surface area (Å²) in [6.07, 6.45) is 0. The predicted octanol–water partition coefficient (Wildman–Crippen LogP) is 2.23. The van der Waals surface area contributed by atoms with E-state index in [9.17, 15) is 9.00 Å². The highest BCUT2D eigenvalue weighted by molar-refractivity contribution is 7.99. The summed E-state index contributed by atoms with van der Waals surface area (Å²) in [6, 6.07) is 5.16. The topological polar surface area (TPSA) is 88.5 Å². The molecule has 1 aromatic carbocycles. The van der Waals surface area contributed by atoms with Crippen molar-refractivity contribution < 1.29 is 18.8 Å². The number of ether oxygens (including phenoxy) is 1. The fourth-order valence-electron chi connectivity index (χ4n) is 2.28. The number of fused-ring (bicyclic) bond motifs is 1. The Balaban J connectivity index is 1.68. The number of nitrogens with zero attached hydrogens (tertiary/aromatic N) is 1. The lowest BCUT2D eigenvalue weighted by molar-refractivity contribution is -0.138. The van der Waals surface area contributed by atoms with Crippen molar-refractivity contribution in [1.29, 1.82) is 0 Å². The number of aliphatic carboxylic acids is 1. The highest BCUT2D eigenvalue weighted by atomic mass is 32.2. The van der Waals surface area contributed by atoms with Crippen molar-refractivity contribution in [3.63, 3.8) is 0 Å². The zero-order valence-electron chi connectivity index (χ0n) is 13.1. The third kappa shape index (κ3) is 4.08. The van der Waals surface area contributed by atoms with Gasteiger partial charge in [-0.15, -0.1) is 23.1 Å². The summed E-state index contributed by atoms with van der Waals surface area (Å²) in [4.78, 5) is 15.6. The second-order valence-corrected chi connectivity index (χ2v) is 9.30. The summed E-state index contributed by atoms with van der Waals surface area (Å²) < 4.78 is 18.1. The molecule has 1 fully saturated rings. The molecule has 3 atom stereocenters. The molecule has 6 nitrogen and oxygen atoms in total. The molecule has 2 N–H and O–H groups in total. The molecule has 24 heavy (non-hydrogen) atoms. The van der Waals surface area contributed by atoms with Crippen LogP contribution in [0.4, 0.5) is 0 Å². The van der Waals surface area contributed by atoms with Crippen LogP contribution in [0.25, 0.3) is 10.2 Å². The molecule has 0 aliphatic carbocycles. The number of carboxylic acid groups (broad SMARTS) is 1. The van der Waals surface area contributed by atoms with E-state index in [1.165, 1.54) is 11.3 Å². The average Bonchev–Trinajstić information content (AvgIpc) is 3.20. The Morgan fingerprint density at radius 1 is 1.54 bits per heavy atom. The van der Waals surface area contributed by atoms with Gasteiger partial charge in [0.15, 0.2) is 0 Å². The van der Waals surface area contributed by atoms with Gasteiger partial charge in [0, 0.05) is 22.3 Å².